The van der Waals surface area contributed by atoms with Gasteiger partial charge in [-0.05, 0) is 49.9 Å². The fourth-order valence-corrected chi connectivity index (χ4v) is 5.29. The molecule has 2 bridgehead atoms. The predicted octanol–water partition coefficient (Wildman–Crippen LogP) is 2.16. The number of ether oxygens (including phenoxy) is 1. The first kappa shape index (κ1) is 14.0. The van der Waals surface area contributed by atoms with E-state index in [-0.39, 0.29) is 23.1 Å². The Labute approximate surface area is 118 Å². The molecule has 2 fully saturated rings. The van der Waals surface area contributed by atoms with Gasteiger partial charge in [-0.3, -0.25) is 0 Å². The number of hydrogen-bond donors (Lipinski definition) is 0. The summed E-state index contributed by atoms with van der Waals surface area (Å²) in [4.78, 5) is 0.173. The van der Waals surface area contributed by atoms with Crippen molar-refractivity contribution in [1.82, 2.24) is 4.31 Å². The summed E-state index contributed by atoms with van der Waals surface area (Å²) in [5, 5.41) is 0. The van der Waals surface area contributed by atoms with E-state index >= 15 is 0 Å². The van der Waals surface area contributed by atoms with Crippen molar-refractivity contribution in [2.24, 2.45) is 0 Å². The van der Waals surface area contributed by atoms with Gasteiger partial charge >= 0.3 is 0 Å². The van der Waals surface area contributed by atoms with Crippen LogP contribution in [0.15, 0.2) is 29.2 Å². The van der Waals surface area contributed by atoms with Crippen LogP contribution in [-0.4, -0.2) is 38.0 Å². The zero-order chi connectivity index (χ0) is 14.3. The molecule has 0 radical (unpaired) electrons. The van der Waals surface area contributed by atoms with E-state index in [1.165, 1.54) is 24.3 Å². The third-order valence-corrected chi connectivity index (χ3v) is 6.36. The number of halogens is 1. The van der Waals surface area contributed by atoms with Crippen LogP contribution < -0.4 is 0 Å². The maximum atomic E-state index is 13.0. The molecule has 2 aliphatic heterocycles. The highest BCUT2D eigenvalue weighted by molar-refractivity contribution is 7.89. The summed E-state index contributed by atoms with van der Waals surface area (Å²) >= 11 is 0. The number of benzene rings is 1. The van der Waals surface area contributed by atoms with Crippen molar-refractivity contribution < 1.29 is 17.5 Å². The fraction of sp³-hybridized carbons (Fsp3) is 0.571. The molecule has 1 aromatic carbocycles. The van der Waals surface area contributed by atoms with Crippen LogP contribution in [0.3, 0.4) is 0 Å². The summed E-state index contributed by atoms with van der Waals surface area (Å²) in [6.45, 7) is 0. The molecule has 20 heavy (non-hydrogen) atoms. The van der Waals surface area contributed by atoms with Gasteiger partial charge in [0.15, 0.2) is 0 Å². The summed E-state index contributed by atoms with van der Waals surface area (Å²) < 4.78 is 45.4. The standard InChI is InChI=1S/C14H18FNO3S/c1-19-13-8-11-4-5-12(9-13)16(11)20(17,18)14-6-2-10(15)3-7-14/h2-3,6-7,11-13H,4-5,8-9H2,1H3. The molecule has 0 aliphatic carbocycles. The van der Waals surface area contributed by atoms with E-state index in [1.54, 1.807) is 11.4 Å². The van der Waals surface area contributed by atoms with Gasteiger partial charge in [-0.1, -0.05) is 0 Å². The second-order valence-corrected chi connectivity index (χ2v) is 7.35. The van der Waals surface area contributed by atoms with Gasteiger partial charge in [-0.15, -0.1) is 0 Å². The molecular formula is C14H18FNO3S. The van der Waals surface area contributed by atoms with Crippen LogP contribution >= 0.6 is 0 Å². The van der Waals surface area contributed by atoms with E-state index in [0.717, 1.165) is 25.7 Å². The first-order valence-corrected chi connectivity index (χ1v) is 8.28. The topological polar surface area (TPSA) is 46.6 Å². The molecule has 2 unspecified atom stereocenters. The lowest BCUT2D eigenvalue weighted by Gasteiger charge is -2.37. The largest absolute Gasteiger partial charge is 0.381 e. The Morgan fingerprint density at radius 1 is 1.15 bits per heavy atom. The van der Waals surface area contributed by atoms with Crippen LogP contribution in [-0.2, 0) is 14.8 Å². The van der Waals surface area contributed by atoms with Gasteiger partial charge in [-0.25, -0.2) is 12.8 Å². The summed E-state index contributed by atoms with van der Waals surface area (Å²) in [5.41, 5.74) is 0. The van der Waals surface area contributed by atoms with Gasteiger partial charge in [0.1, 0.15) is 5.82 Å². The molecule has 2 saturated heterocycles. The number of hydrogen-bond acceptors (Lipinski definition) is 3. The van der Waals surface area contributed by atoms with Crippen molar-refractivity contribution >= 4 is 10.0 Å². The SMILES string of the molecule is COC1CC2CCC(C1)N2S(=O)(=O)c1ccc(F)cc1. The lowest BCUT2D eigenvalue weighted by molar-refractivity contribution is 0.0349. The van der Waals surface area contributed by atoms with Gasteiger partial charge in [-0.2, -0.15) is 4.31 Å². The number of methoxy groups -OCH3 is 1. The average Bonchev–Trinajstić information content (AvgIpc) is 2.71. The lowest BCUT2D eigenvalue weighted by Crippen LogP contribution is -2.48. The molecule has 1 aromatic rings. The molecular weight excluding hydrogens is 281 g/mol. The van der Waals surface area contributed by atoms with Gasteiger partial charge in [0.25, 0.3) is 0 Å². The van der Waals surface area contributed by atoms with Crippen LogP contribution in [0, 0.1) is 5.82 Å². The minimum atomic E-state index is -3.54. The van der Waals surface area contributed by atoms with E-state index in [0.29, 0.717) is 0 Å². The summed E-state index contributed by atoms with van der Waals surface area (Å²) in [6.07, 6.45) is 3.39. The zero-order valence-corrected chi connectivity index (χ0v) is 12.1. The predicted molar refractivity (Wildman–Crippen MR) is 72.3 cm³/mol. The second kappa shape index (κ2) is 5.09. The van der Waals surface area contributed by atoms with E-state index in [2.05, 4.69) is 0 Å². The third-order valence-electron chi connectivity index (χ3n) is 4.35. The van der Waals surface area contributed by atoms with Crippen molar-refractivity contribution in [2.75, 3.05) is 7.11 Å². The van der Waals surface area contributed by atoms with E-state index in [9.17, 15) is 12.8 Å². The van der Waals surface area contributed by atoms with Gasteiger partial charge in [0, 0.05) is 19.2 Å². The van der Waals surface area contributed by atoms with Gasteiger partial charge in [0.2, 0.25) is 10.0 Å². The van der Waals surface area contributed by atoms with Crippen LogP contribution in [0.25, 0.3) is 0 Å². The van der Waals surface area contributed by atoms with Crippen molar-refractivity contribution in [3.63, 3.8) is 0 Å². The highest BCUT2D eigenvalue weighted by atomic mass is 32.2. The molecule has 110 valence electrons. The van der Waals surface area contributed by atoms with Crippen molar-refractivity contribution in [3.8, 4) is 0 Å². The third kappa shape index (κ3) is 2.25. The van der Waals surface area contributed by atoms with Gasteiger partial charge in [0.05, 0.1) is 11.0 Å². The maximum absolute atomic E-state index is 13.0. The molecule has 6 heteroatoms. The molecule has 2 atom stereocenters. The summed E-state index contributed by atoms with van der Waals surface area (Å²) in [5.74, 6) is -0.426. The maximum Gasteiger partial charge on any atom is 0.243 e. The molecule has 2 aliphatic rings. The minimum absolute atomic E-state index is 0.00810. The Hall–Kier alpha value is -0.980. The Morgan fingerprint density at radius 3 is 2.20 bits per heavy atom. The van der Waals surface area contributed by atoms with Crippen molar-refractivity contribution in [3.05, 3.63) is 30.1 Å². The quantitative estimate of drug-likeness (QED) is 0.859. The number of piperidine rings is 1. The number of fused-ring (bicyclic) bond motifs is 2. The molecule has 0 saturated carbocycles. The monoisotopic (exact) mass is 299 g/mol. The summed E-state index contributed by atoms with van der Waals surface area (Å²) in [7, 11) is -1.86. The fourth-order valence-electron chi connectivity index (χ4n) is 3.40. The number of rotatable bonds is 3. The Morgan fingerprint density at radius 2 is 1.70 bits per heavy atom. The number of nitrogens with zero attached hydrogens (tertiary/aromatic N) is 1. The molecule has 0 spiro atoms. The average molecular weight is 299 g/mol. The Bertz CT molecular complexity index is 573. The molecule has 2 heterocycles. The first-order valence-electron chi connectivity index (χ1n) is 6.84. The highest BCUT2D eigenvalue weighted by Gasteiger charge is 2.47. The highest BCUT2D eigenvalue weighted by Crippen LogP contribution is 2.40. The zero-order valence-electron chi connectivity index (χ0n) is 11.3. The van der Waals surface area contributed by atoms with E-state index in [1.807, 2.05) is 0 Å². The van der Waals surface area contributed by atoms with Crippen LogP contribution in [0.2, 0.25) is 0 Å². The molecule has 0 aromatic heterocycles. The number of sulfonamides is 1. The Balaban J connectivity index is 1.91. The molecule has 4 nitrogen and oxygen atoms in total. The second-order valence-electron chi connectivity index (χ2n) is 5.50. The van der Waals surface area contributed by atoms with Crippen LogP contribution in [0.4, 0.5) is 4.39 Å². The van der Waals surface area contributed by atoms with Crippen LogP contribution in [0.5, 0.6) is 0 Å². The first-order chi connectivity index (χ1) is 9.52. The Kier molecular flexibility index (Phi) is 3.56. The normalized spacial score (nSPS) is 30.6. The summed E-state index contributed by atoms with van der Waals surface area (Å²) in [6, 6.07) is 5.08. The van der Waals surface area contributed by atoms with E-state index in [4.69, 9.17) is 4.74 Å². The van der Waals surface area contributed by atoms with Gasteiger partial charge < -0.3 is 4.74 Å². The van der Waals surface area contributed by atoms with Crippen molar-refractivity contribution in [1.29, 1.82) is 0 Å². The van der Waals surface area contributed by atoms with Crippen LogP contribution in [0.1, 0.15) is 25.7 Å². The van der Waals surface area contributed by atoms with Crippen molar-refractivity contribution in [2.45, 2.75) is 48.8 Å². The molecule has 0 amide bonds. The lowest BCUT2D eigenvalue weighted by atomic mass is 10.0. The van der Waals surface area contributed by atoms with E-state index < -0.39 is 15.8 Å². The molecule has 0 N–H and O–H groups in total. The minimum Gasteiger partial charge on any atom is -0.381 e. The molecule has 3 rings (SSSR count). The smallest absolute Gasteiger partial charge is 0.243 e.